The van der Waals surface area contributed by atoms with Gasteiger partial charge in [0.2, 0.25) is 0 Å². The van der Waals surface area contributed by atoms with Gasteiger partial charge in [0.1, 0.15) is 0 Å². The van der Waals surface area contributed by atoms with Crippen LogP contribution >= 0.6 is 0 Å². The molecule has 0 aromatic carbocycles. The van der Waals surface area contributed by atoms with E-state index in [0.29, 0.717) is 0 Å². The van der Waals surface area contributed by atoms with E-state index in [2.05, 4.69) is 23.4 Å². The second kappa shape index (κ2) is 6.20. The van der Waals surface area contributed by atoms with Crippen molar-refractivity contribution >= 4 is 0 Å². The predicted molar refractivity (Wildman–Crippen MR) is 71.0 cm³/mol. The Morgan fingerprint density at radius 3 is 3.06 bits per heavy atom. The molecule has 0 aliphatic heterocycles. The molecule has 2 atom stereocenters. The molecule has 1 N–H and O–H groups in total. The van der Waals surface area contributed by atoms with Crippen LogP contribution in [0.2, 0.25) is 0 Å². The Labute approximate surface area is 105 Å². The van der Waals surface area contributed by atoms with Crippen LogP contribution in [0.25, 0.3) is 0 Å². The van der Waals surface area contributed by atoms with Crippen LogP contribution in [-0.2, 0) is 13.5 Å². The minimum atomic E-state index is 0.752. The molecule has 1 aliphatic carbocycles. The van der Waals surface area contributed by atoms with Gasteiger partial charge in [-0.15, -0.1) is 0 Å². The van der Waals surface area contributed by atoms with Crippen molar-refractivity contribution in [3.8, 4) is 0 Å². The molecule has 96 valence electrons. The summed E-state index contributed by atoms with van der Waals surface area (Å²) in [6, 6.07) is 2.86. The molecule has 3 nitrogen and oxygen atoms in total. The van der Waals surface area contributed by atoms with Crippen molar-refractivity contribution in [3.05, 3.63) is 18.0 Å². The van der Waals surface area contributed by atoms with Crippen LogP contribution < -0.4 is 5.32 Å². The summed E-state index contributed by atoms with van der Waals surface area (Å²) in [4.78, 5) is 0. The van der Waals surface area contributed by atoms with Gasteiger partial charge in [-0.25, -0.2) is 0 Å². The van der Waals surface area contributed by atoms with Gasteiger partial charge in [-0.3, -0.25) is 4.68 Å². The van der Waals surface area contributed by atoms with Gasteiger partial charge in [0.05, 0.1) is 0 Å². The van der Waals surface area contributed by atoms with E-state index in [0.717, 1.165) is 24.9 Å². The van der Waals surface area contributed by atoms with E-state index < -0.39 is 0 Å². The van der Waals surface area contributed by atoms with Gasteiger partial charge in [0.15, 0.2) is 0 Å². The Morgan fingerprint density at radius 2 is 2.35 bits per heavy atom. The van der Waals surface area contributed by atoms with Gasteiger partial charge >= 0.3 is 0 Å². The van der Waals surface area contributed by atoms with E-state index >= 15 is 0 Å². The summed E-state index contributed by atoms with van der Waals surface area (Å²) < 4.78 is 1.97. The minimum absolute atomic E-state index is 0.752. The fourth-order valence-electron chi connectivity index (χ4n) is 2.90. The van der Waals surface area contributed by atoms with Crippen molar-refractivity contribution in [2.75, 3.05) is 6.54 Å². The van der Waals surface area contributed by atoms with Crippen molar-refractivity contribution in [3.63, 3.8) is 0 Å². The first-order chi connectivity index (χ1) is 8.29. The van der Waals surface area contributed by atoms with Crippen LogP contribution in [0.3, 0.4) is 0 Å². The average molecular weight is 235 g/mol. The third-order valence-corrected chi connectivity index (χ3v) is 4.10. The quantitative estimate of drug-likeness (QED) is 0.850. The second-order valence-electron chi connectivity index (χ2n) is 5.29. The van der Waals surface area contributed by atoms with Gasteiger partial charge in [0, 0.05) is 37.9 Å². The molecule has 2 unspecified atom stereocenters. The Hall–Kier alpha value is -0.830. The molecular weight excluding hydrogens is 210 g/mol. The Kier molecular flexibility index (Phi) is 4.60. The smallest absolute Gasteiger partial charge is 0.0492 e. The summed E-state index contributed by atoms with van der Waals surface area (Å²) in [7, 11) is 2.02. The molecule has 0 amide bonds. The topological polar surface area (TPSA) is 29.9 Å². The first-order valence-electron chi connectivity index (χ1n) is 7.00. The maximum Gasteiger partial charge on any atom is 0.0492 e. The van der Waals surface area contributed by atoms with E-state index in [9.17, 15) is 0 Å². The fraction of sp³-hybridized carbons (Fsp3) is 0.786. The summed E-state index contributed by atoms with van der Waals surface area (Å²) >= 11 is 0. The molecule has 0 radical (unpaired) electrons. The highest BCUT2D eigenvalue weighted by atomic mass is 15.3. The first-order valence-corrected chi connectivity index (χ1v) is 7.00. The van der Waals surface area contributed by atoms with Crippen molar-refractivity contribution in [2.45, 2.75) is 51.5 Å². The van der Waals surface area contributed by atoms with Gasteiger partial charge in [-0.05, 0) is 24.8 Å². The molecule has 1 saturated carbocycles. The number of nitrogens with one attached hydrogen (secondary N) is 1. The molecular formula is C14H25N3. The number of hydrogen-bond donors (Lipinski definition) is 1. The molecule has 1 fully saturated rings. The lowest BCUT2D eigenvalue weighted by molar-refractivity contribution is 0.280. The number of nitrogens with zero attached hydrogens (tertiary/aromatic N) is 2. The Bertz CT molecular complexity index is 332. The van der Waals surface area contributed by atoms with Crippen LogP contribution in [0.15, 0.2) is 12.3 Å². The monoisotopic (exact) mass is 235 g/mol. The maximum atomic E-state index is 4.20. The number of rotatable bonds is 5. The lowest BCUT2D eigenvalue weighted by Gasteiger charge is -2.29. The SMILES string of the molecule is CCC1CCCC(NCCc2ccnn2C)C1. The number of hydrogen-bond acceptors (Lipinski definition) is 2. The van der Waals surface area contributed by atoms with Crippen molar-refractivity contribution < 1.29 is 0 Å². The standard InChI is InChI=1S/C14H25N3/c1-3-12-5-4-6-13(11-12)15-9-7-14-8-10-16-17(14)2/h8,10,12-13,15H,3-7,9,11H2,1-2H3. The lowest BCUT2D eigenvalue weighted by Crippen LogP contribution is -2.35. The largest absolute Gasteiger partial charge is 0.314 e. The molecule has 3 heteroatoms. The summed E-state index contributed by atoms with van der Waals surface area (Å²) in [6.07, 6.45) is 9.90. The zero-order valence-corrected chi connectivity index (χ0v) is 11.2. The van der Waals surface area contributed by atoms with E-state index in [-0.39, 0.29) is 0 Å². The van der Waals surface area contributed by atoms with Crippen molar-refractivity contribution in [1.82, 2.24) is 15.1 Å². The van der Waals surface area contributed by atoms with Crippen LogP contribution in [0.4, 0.5) is 0 Å². The van der Waals surface area contributed by atoms with Gasteiger partial charge in [-0.1, -0.05) is 26.2 Å². The maximum absolute atomic E-state index is 4.20. The van der Waals surface area contributed by atoms with Gasteiger partial charge in [0.25, 0.3) is 0 Å². The van der Waals surface area contributed by atoms with Crippen LogP contribution in [0.1, 0.15) is 44.7 Å². The highest BCUT2D eigenvalue weighted by molar-refractivity contribution is 5.00. The first kappa shape index (κ1) is 12.6. The molecule has 1 aromatic rings. The molecule has 0 saturated heterocycles. The van der Waals surface area contributed by atoms with E-state index in [4.69, 9.17) is 0 Å². The molecule has 1 aliphatic rings. The summed E-state index contributed by atoms with van der Waals surface area (Å²) in [5, 5.41) is 7.91. The second-order valence-corrected chi connectivity index (χ2v) is 5.29. The van der Waals surface area contributed by atoms with Crippen molar-refractivity contribution in [2.24, 2.45) is 13.0 Å². The highest BCUT2D eigenvalue weighted by Crippen LogP contribution is 2.26. The zero-order chi connectivity index (χ0) is 12.1. The molecule has 0 bridgehead atoms. The number of aromatic nitrogens is 2. The van der Waals surface area contributed by atoms with E-state index in [1.165, 1.54) is 37.8 Å². The highest BCUT2D eigenvalue weighted by Gasteiger charge is 2.19. The van der Waals surface area contributed by atoms with Gasteiger partial charge in [-0.2, -0.15) is 5.10 Å². The summed E-state index contributed by atoms with van der Waals surface area (Å²) in [5.41, 5.74) is 1.32. The third kappa shape index (κ3) is 3.56. The molecule has 1 heterocycles. The average Bonchev–Trinajstić information content (AvgIpc) is 2.76. The Morgan fingerprint density at radius 1 is 1.47 bits per heavy atom. The fourth-order valence-corrected chi connectivity index (χ4v) is 2.90. The summed E-state index contributed by atoms with van der Waals surface area (Å²) in [5.74, 6) is 0.956. The normalized spacial score (nSPS) is 25.1. The zero-order valence-electron chi connectivity index (χ0n) is 11.2. The molecule has 0 spiro atoms. The van der Waals surface area contributed by atoms with Crippen LogP contribution in [0, 0.1) is 5.92 Å². The molecule has 17 heavy (non-hydrogen) atoms. The third-order valence-electron chi connectivity index (χ3n) is 4.10. The van der Waals surface area contributed by atoms with Crippen LogP contribution in [-0.4, -0.2) is 22.4 Å². The summed E-state index contributed by atoms with van der Waals surface area (Å²) in [6.45, 7) is 3.41. The van der Waals surface area contributed by atoms with Crippen molar-refractivity contribution in [1.29, 1.82) is 0 Å². The predicted octanol–water partition coefficient (Wildman–Crippen LogP) is 2.52. The lowest BCUT2D eigenvalue weighted by atomic mass is 9.84. The van der Waals surface area contributed by atoms with Gasteiger partial charge < -0.3 is 5.32 Å². The number of aryl methyl sites for hydroxylation is 1. The van der Waals surface area contributed by atoms with Crippen LogP contribution in [0.5, 0.6) is 0 Å². The Balaban J connectivity index is 1.70. The van der Waals surface area contributed by atoms with E-state index in [1.807, 2.05) is 17.9 Å². The molecule has 1 aromatic heterocycles. The minimum Gasteiger partial charge on any atom is -0.314 e. The molecule has 2 rings (SSSR count). The van der Waals surface area contributed by atoms with E-state index in [1.54, 1.807) is 0 Å².